The second-order valence-corrected chi connectivity index (χ2v) is 7.51. The first-order valence-electron chi connectivity index (χ1n) is 6.62. The van der Waals surface area contributed by atoms with Gasteiger partial charge in [0.2, 0.25) is 0 Å². The Balaban J connectivity index is 2.27. The smallest absolute Gasteiger partial charge is 0.294 e. The van der Waals surface area contributed by atoms with Crippen molar-refractivity contribution in [2.45, 2.75) is 41.9 Å². The molecule has 6 heteroatoms. The fraction of sp³-hybridized carbons (Fsp3) is 0.333. The summed E-state index contributed by atoms with van der Waals surface area (Å²) in [5.74, 6) is 0.460. The van der Waals surface area contributed by atoms with E-state index in [9.17, 15) is 15.2 Å². The van der Waals surface area contributed by atoms with Crippen molar-refractivity contribution in [2.75, 3.05) is 0 Å². The van der Waals surface area contributed by atoms with E-state index < -0.39 is 11.0 Å². The molecule has 1 aromatic carbocycles. The molecule has 0 aliphatic heterocycles. The standard InChI is InChI=1S/C15H17NO3S2/c1-9(2)11-4-6-12(7-5-11)20-15-13(16(18)19)8-14(21-15)10(3)17/h4-10,17H,1-3H3/t10-/m0/s1. The SMILES string of the molecule is CC(C)c1ccc(Sc2sc([C@H](C)O)cc2[N+](=O)[O-])cc1. The van der Waals surface area contributed by atoms with Gasteiger partial charge in [0.15, 0.2) is 0 Å². The Morgan fingerprint density at radius 3 is 2.33 bits per heavy atom. The number of aliphatic hydroxyl groups excluding tert-OH is 1. The van der Waals surface area contributed by atoms with Crippen LogP contribution in [0, 0.1) is 10.1 Å². The average Bonchev–Trinajstić information content (AvgIpc) is 2.83. The molecule has 1 heterocycles. The molecule has 21 heavy (non-hydrogen) atoms. The summed E-state index contributed by atoms with van der Waals surface area (Å²) in [7, 11) is 0. The van der Waals surface area contributed by atoms with E-state index in [4.69, 9.17) is 0 Å². The summed E-state index contributed by atoms with van der Waals surface area (Å²) in [5.41, 5.74) is 1.30. The van der Waals surface area contributed by atoms with Crippen molar-refractivity contribution < 1.29 is 10.0 Å². The van der Waals surface area contributed by atoms with Gasteiger partial charge in [-0.15, -0.1) is 11.3 Å². The van der Waals surface area contributed by atoms with Crippen LogP contribution in [0.15, 0.2) is 39.4 Å². The summed E-state index contributed by atoms with van der Waals surface area (Å²) < 4.78 is 0.605. The van der Waals surface area contributed by atoms with Crippen LogP contribution in [0.2, 0.25) is 0 Å². The van der Waals surface area contributed by atoms with Gasteiger partial charge in [0.1, 0.15) is 4.21 Å². The van der Waals surface area contributed by atoms with Crippen molar-refractivity contribution in [2.24, 2.45) is 0 Å². The zero-order valence-electron chi connectivity index (χ0n) is 12.1. The number of benzene rings is 1. The minimum absolute atomic E-state index is 0.0637. The highest BCUT2D eigenvalue weighted by Crippen LogP contribution is 2.43. The van der Waals surface area contributed by atoms with Crippen LogP contribution >= 0.6 is 23.1 Å². The van der Waals surface area contributed by atoms with E-state index in [-0.39, 0.29) is 5.69 Å². The molecule has 0 amide bonds. The molecule has 2 aromatic rings. The van der Waals surface area contributed by atoms with Gasteiger partial charge in [0.05, 0.1) is 11.0 Å². The minimum atomic E-state index is -0.689. The van der Waals surface area contributed by atoms with Crippen molar-refractivity contribution in [1.29, 1.82) is 0 Å². The summed E-state index contributed by atoms with van der Waals surface area (Å²) in [6.45, 7) is 5.86. The van der Waals surface area contributed by atoms with Gasteiger partial charge in [-0.3, -0.25) is 10.1 Å². The first kappa shape index (κ1) is 16.0. The van der Waals surface area contributed by atoms with Crippen molar-refractivity contribution in [1.82, 2.24) is 0 Å². The molecule has 0 radical (unpaired) electrons. The predicted octanol–water partition coefficient (Wildman–Crippen LogP) is 4.98. The molecule has 0 fully saturated rings. The fourth-order valence-corrected chi connectivity index (χ4v) is 4.08. The maximum absolute atomic E-state index is 11.1. The van der Waals surface area contributed by atoms with Gasteiger partial charge in [-0.05, 0) is 30.5 Å². The summed E-state index contributed by atoms with van der Waals surface area (Å²) in [4.78, 5) is 12.3. The summed E-state index contributed by atoms with van der Waals surface area (Å²) in [5, 5.41) is 20.7. The van der Waals surface area contributed by atoms with Crippen LogP contribution in [0.4, 0.5) is 5.69 Å². The van der Waals surface area contributed by atoms with Crippen LogP contribution in [-0.2, 0) is 0 Å². The quantitative estimate of drug-likeness (QED) is 0.622. The minimum Gasteiger partial charge on any atom is -0.388 e. The number of hydrogen-bond donors (Lipinski definition) is 1. The molecule has 1 N–H and O–H groups in total. The second-order valence-electron chi connectivity index (χ2n) is 5.08. The number of rotatable bonds is 5. The van der Waals surface area contributed by atoms with Crippen molar-refractivity contribution in [3.05, 3.63) is 50.9 Å². The highest BCUT2D eigenvalue weighted by atomic mass is 32.2. The van der Waals surface area contributed by atoms with Crippen LogP contribution in [0.5, 0.6) is 0 Å². The monoisotopic (exact) mass is 323 g/mol. The van der Waals surface area contributed by atoms with Gasteiger partial charge >= 0.3 is 0 Å². The Morgan fingerprint density at radius 2 is 1.86 bits per heavy atom. The Morgan fingerprint density at radius 1 is 1.24 bits per heavy atom. The lowest BCUT2D eigenvalue weighted by atomic mass is 10.0. The number of hydrogen-bond acceptors (Lipinski definition) is 5. The summed E-state index contributed by atoms with van der Waals surface area (Å²) >= 11 is 2.64. The molecule has 2 rings (SSSR count). The fourth-order valence-electron chi connectivity index (χ4n) is 1.82. The Kier molecular flexibility index (Phi) is 5.03. The summed E-state index contributed by atoms with van der Waals surface area (Å²) in [6.07, 6.45) is -0.689. The third-order valence-corrected chi connectivity index (χ3v) is 5.56. The molecule has 112 valence electrons. The van der Waals surface area contributed by atoms with Crippen LogP contribution in [-0.4, -0.2) is 10.0 Å². The highest BCUT2D eigenvalue weighted by Gasteiger charge is 2.21. The van der Waals surface area contributed by atoms with Crippen molar-refractivity contribution in [3.63, 3.8) is 0 Å². The zero-order valence-corrected chi connectivity index (χ0v) is 13.7. The molecule has 1 aromatic heterocycles. The Labute approximate surface area is 132 Å². The van der Waals surface area contributed by atoms with Gasteiger partial charge in [-0.2, -0.15) is 0 Å². The van der Waals surface area contributed by atoms with Gasteiger partial charge in [-0.25, -0.2) is 0 Å². The van der Waals surface area contributed by atoms with Crippen LogP contribution in [0.25, 0.3) is 0 Å². The molecule has 0 unspecified atom stereocenters. The second kappa shape index (κ2) is 6.60. The maximum atomic E-state index is 11.1. The lowest BCUT2D eigenvalue weighted by Gasteiger charge is -2.05. The maximum Gasteiger partial charge on any atom is 0.294 e. The van der Waals surface area contributed by atoms with Crippen LogP contribution in [0.3, 0.4) is 0 Å². The van der Waals surface area contributed by atoms with Crippen LogP contribution in [0.1, 0.15) is 43.2 Å². The molecule has 0 saturated heterocycles. The van der Waals surface area contributed by atoms with E-state index in [0.29, 0.717) is 15.0 Å². The molecule has 1 atom stereocenters. The number of nitrogens with zero attached hydrogens (tertiary/aromatic N) is 1. The van der Waals surface area contributed by atoms with Gasteiger partial charge in [-0.1, -0.05) is 37.7 Å². The molecule has 0 bridgehead atoms. The zero-order chi connectivity index (χ0) is 15.6. The number of nitro groups is 1. The third kappa shape index (κ3) is 3.84. The molecule has 0 aliphatic carbocycles. The summed E-state index contributed by atoms with van der Waals surface area (Å²) in [6, 6.07) is 9.50. The van der Waals surface area contributed by atoms with Gasteiger partial charge in [0.25, 0.3) is 5.69 Å². The van der Waals surface area contributed by atoms with Gasteiger partial charge in [0, 0.05) is 15.8 Å². The van der Waals surface area contributed by atoms with E-state index in [1.807, 2.05) is 24.3 Å². The molecule has 4 nitrogen and oxygen atoms in total. The topological polar surface area (TPSA) is 63.4 Å². The first-order chi connectivity index (χ1) is 9.88. The van der Waals surface area contributed by atoms with E-state index in [1.165, 1.54) is 34.7 Å². The normalized spacial score (nSPS) is 12.6. The highest BCUT2D eigenvalue weighted by molar-refractivity contribution is 8.01. The molecule has 0 spiro atoms. The predicted molar refractivity (Wildman–Crippen MR) is 86.3 cm³/mol. The van der Waals surface area contributed by atoms with E-state index in [1.54, 1.807) is 6.92 Å². The Hall–Kier alpha value is -1.37. The number of thiophene rings is 1. The lowest BCUT2D eigenvalue weighted by molar-refractivity contribution is -0.387. The van der Waals surface area contributed by atoms with Crippen molar-refractivity contribution >= 4 is 28.8 Å². The molecule has 0 aliphatic rings. The van der Waals surface area contributed by atoms with Crippen LogP contribution < -0.4 is 0 Å². The average molecular weight is 323 g/mol. The van der Waals surface area contributed by atoms with E-state index in [2.05, 4.69) is 13.8 Å². The first-order valence-corrected chi connectivity index (χ1v) is 8.25. The number of aliphatic hydroxyl groups is 1. The Bertz CT molecular complexity index is 633. The molecular formula is C15H17NO3S2. The lowest BCUT2D eigenvalue weighted by Crippen LogP contribution is -1.88. The van der Waals surface area contributed by atoms with E-state index >= 15 is 0 Å². The molecule has 0 saturated carbocycles. The largest absolute Gasteiger partial charge is 0.388 e. The van der Waals surface area contributed by atoms with Crippen molar-refractivity contribution in [3.8, 4) is 0 Å². The third-order valence-electron chi connectivity index (χ3n) is 3.06. The molecular weight excluding hydrogens is 306 g/mol. The van der Waals surface area contributed by atoms with Gasteiger partial charge < -0.3 is 5.11 Å². The van der Waals surface area contributed by atoms with E-state index in [0.717, 1.165) is 4.90 Å².